The van der Waals surface area contributed by atoms with Crippen LogP contribution in [0.5, 0.6) is 0 Å². The monoisotopic (exact) mass is 411 g/mol. The van der Waals surface area contributed by atoms with Crippen LogP contribution in [0, 0.1) is 0 Å². The molecule has 0 aliphatic carbocycles. The van der Waals surface area contributed by atoms with Gasteiger partial charge in [-0.1, -0.05) is 12.8 Å². The number of rotatable bonds is 0. The summed E-state index contributed by atoms with van der Waals surface area (Å²) in [6.07, 6.45) is 12.8. The van der Waals surface area contributed by atoms with Crippen molar-refractivity contribution in [3.05, 3.63) is 0 Å². The molecular formula is C24H53N5. The van der Waals surface area contributed by atoms with Crippen LogP contribution in [0.25, 0.3) is 0 Å². The molecule has 0 saturated carbocycles. The van der Waals surface area contributed by atoms with Gasteiger partial charge >= 0.3 is 0 Å². The first kappa shape index (κ1) is 26.8. The molecule has 0 amide bonds. The third-order valence-electron chi connectivity index (χ3n) is 6.24. The average molecular weight is 412 g/mol. The molecule has 5 aliphatic heterocycles. The Morgan fingerprint density at radius 3 is 0.483 bits per heavy atom. The SMILES string of the molecule is CN1CC1.CN1CCC1.CN1CCCC1.CN1CCCCC1.CN1CCCCC1. The minimum Gasteiger partial charge on any atom is -0.306 e. The molecule has 0 radical (unpaired) electrons. The zero-order valence-corrected chi connectivity index (χ0v) is 20.7. The summed E-state index contributed by atoms with van der Waals surface area (Å²) in [5.41, 5.74) is 0. The lowest BCUT2D eigenvalue weighted by Crippen LogP contribution is -2.32. The van der Waals surface area contributed by atoms with E-state index < -0.39 is 0 Å². The van der Waals surface area contributed by atoms with Gasteiger partial charge in [0.25, 0.3) is 0 Å². The summed E-state index contributed by atoms with van der Waals surface area (Å²) in [7, 11) is 10.8. The number of piperidine rings is 2. The Bertz CT molecular complexity index is 323. The Morgan fingerprint density at radius 1 is 0.241 bits per heavy atom. The van der Waals surface area contributed by atoms with Crippen LogP contribution in [0.1, 0.15) is 57.8 Å². The Kier molecular flexibility index (Phi) is 16.2. The fourth-order valence-electron chi connectivity index (χ4n) is 3.55. The summed E-state index contributed by atoms with van der Waals surface area (Å²) >= 11 is 0. The molecule has 174 valence electrons. The quantitative estimate of drug-likeness (QED) is 0.567. The smallest absolute Gasteiger partial charge is 0.0107 e. The summed E-state index contributed by atoms with van der Waals surface area (Å²) in [6, 6.07) is 0. The first-order valence-corrected chi connectivity index (χ1v) is 12.4. The number of hydrogen-bond acceptors (Lipinski definition) is 5. The van der Waals surface area contributed by atoms with E-state index in [0.717, 1.165) is 0 Å². The van der Waals surface area contributed by atoms with Crippen molar-refractivity contribution in [2.24, 2.45) is 0 Å². The first-order chi connectivity index (χ1) is 14.0. The summed E-state index contributed by atoms with van der Waals surface area (Å²) in [5, 5.41) is 0. The van der Waals surface area contributed by atoms with E-state index in [1.807, 2.05) is 0 Å². The molecule has 5 heteroatoms. The molecule has 0 spiro atoms. The van der Waals surface area contributed by atoms with Crippen LogP contribution in [0.4, 0.5) is 0 Å². The predicted molar refractivity (Wildman–Crippen MR) is 129 cm³/mol. The first-order valence-electron chi connectivity index (χ1n) is 12.4. The average Bonchev–Trinajstić information content (AvgIpc) is 3.33. The molecular weight excluding hydrogens is 358 g/mol. The van der Waals surface area contributed by atoms with Gasteiger partial charge in [-0.25, -0.2) is 0 Å². The van der Waals surface area contributed by atoms with E-state index in [2.05, 4.69) is 59.7 Å². The van der Waals surface area contributed by atoms with Gasteiger partial charge in [0.05, 0.1) is 0 Å². The van der Waals surface area contributed by atoms with E-state index in [1.165, 1.54) is 123 Å². The van der Waals surface area contributed by atoms with Gasteiger partial charge in [0.15, 0.2) is 0 Å². The fraction of sp³-hybridized carbons (Fsp3) is 1.00. The Balaban J connectivity index is 0.000000184. The normalized spacial score (nSPS) is 25.6. The largest absolute Gasteiger partial charge is 0.306 e. The maximum absolute atomic E-state index is 2.39. The number of likely N-dealkylation sites (N-methyl/N-ethyl adjacent to an activating group) is 1. The van der Waals surface area contributed by atoms with Gasteiger partial charge in [-0.2, -0.15) is 0 Å². The fourth-order valence-corrected chi connectivity index (χ4v) is 3.55. The van der Waals surface area contributed by atoms with Crippen molar-refractivity contribution in [3.8, 4) is 0 Å². The predicted octanol–water partition coefficient (Wildman–Crippen LogP) is 3.17. The van der Waals surface area contributed by atoms with Crippen LogP contribution in [-0.2, 0) is 0 Å². The second kappa shape index (κ2) is 17.5. The van der Waals surface area contributed by atoms with E-state index >= 15 is 0 Å². The van der Waals surface area contributed by atoms with Crippen LogP contribution in [0.15, 0.2) is 0 Å². The topological polar surface area (TPSA) is 16.0 Å². The molecule has 0 atom stereocenters. The zero-order valence-electron chi connectivity index (χ0n) is 20.7. The van der Waals surface area contributed by atoms with Crippen LogP contribution in [-0.4, -0.2) is 125 Å². The van der Waals surface area contributed by atoms with Gasteiger partial charge in [-0.3, -0.25) is 0 Å². The van der Waals surface area contributed by atoms with Crippen molar-refractivity contribution in [1.82, 2.24) is 24.5 Å². The maximum atomic E-state index is 2.39. The van der Waals surface area contributed by atoms with Crippen LogP contribution >= 0.6 is 0 Å². The summed E-state index contributed by atoms with van der Waals surface area (Å²) in [6.45, 7) is 13.2. The Hall–Kier alpha value is -0.200. The molecule has 5 rings (SSSR count). The highest BCUT2D eigenvalue weighted by Gasteiger charge is 2.07. The number of nitrogens with zero attached hydrogens (tertiary/aromatic N) is 5. The molecule has 5 aliphatic rings. The van der Waals surface area contributed by atoms with Crippen molar-refractivity contribution >= 4 is 0 Å². The van der Waals surface area contributed by atoms with Crippen LogP contribution < -0.4 is 0 Å². The minimum atomic E-state index is 1.32. The highest BCUT2D eigenvalue weighted by atomic mass is 15.2. The van der Waals surface area contributed by atoms with Gasteiger partial charge in [0.2, 0.25) is 0 Å². The molecule has 0 aromatic carbocycles. The van der Waals surface area contributed by atoms with E-state index in [9.17, 15) is 0 Å². The molecule has 0 aromatic rings. The number of likely N-dealkylation sites (tertiary alicyclic amines) is 4. The number of hydrogen-bond donors (Lipinski definition) is 0. The second-order valence-corrected chi connectivity index (χ2v) is 9.70. The van der Waals surface area contributed by atoms with Gasteiger partial charge < -0.3 is 24.5 Å². The molecule has 0 unspecified atom stereocenters. The highest BCUT2D eigenvalue weighted by Crippen LogP contribution is 2.05. The highest BCUT2D eigenvalue weighted by molar-refractivity contribution is 4.64. The molecule has 0 bridgehead atoms. The van der Waals surface area contributed by atoms with Gasteiger partial charge in [0, 0.05) is 13.1 Å². The van der Waals surface area contributed by atoms with E-state index in [-0.39, 0.29) is 0 Å². The third kappa shape index (κ3) is 18.3. The third-order valence-corrected chi connectivity index (χ3v) is 6.24. The summed E-state index contributed by atoms with van der Waals surface area (Å²) in [5.74, 6) is 0. The summed E-state index contributed by atoms with van der Waals surface area (Å²) in [4.78, 5) is 11.7. The van der Waals surface area contributed by atoms with E-state index in [1.54, 1.807) is 0 Å². The lowest BCUT2D eigenvalue weighted by atomic mass is 10.1. The molecule has 5 nitrogen and oxygen atoms in total. The van der Waals surface area contributed by atoms with Crippen molar-refractivity contribution in [2.75, 3.05) is 101 Å². The zero-order chi connectivity index (χ0) is 21.3. The summed E-state index contributed by atoms with van der Waals surface area (Å²) < 4.78 is 0. The van der Waals surface area contributed by atoms with E-state index in [0.29, 0.717) is 0 Å². The lowest BCUT2D eigenvalue weighted by molar-refractivity contribution is 0.229. The molecule has 5 heterocycles. The second-order valence-electron chi connectivity index (χ2n) is 9.70. The lowest BCUT2D eigenvalue weighted by Gasteiger charge is -2.24. The molecule has 0 N–H and O–H groups in total. The van der Waals surface area contributed by atoms with Crippen LogP contribution in [0.2, 0.25) is 0 Å². The van der Waals surface area contributed by atoms with Gasteiger partial charge in [-0.15, -0.1) is 0 Å². The molecule has 0 aromatic heterocycles. The van der Waals surface area contributed by atoms with E-state index in [4.69, 9.17) is 0 Å². The van der Waals surface area contributed by atoms with Gasteiger partial charge in [-0.05, 0) is 133 Å². The van der Waals surface area contributed by atoms with Gasteiger partial charge in [0.1, 0.15) is 0 Å². The van der Waals surface area contributed by atoms with Crippen LogP contribution in [0.3, 0.4) is 0 Å². The molecule has 5 saturated heterocycles. The molecule has 29 heavy (non-hydrogen) atoms. The minimum absolute atomic E-state index is 1.32. The standard InChI is InChI=1S/2C6H13N.C5H11N.C4H9N.C3H7N/c2*1-7-5-3-2-4-6-7;1-6-4-2-3-5-6;1-5-3-2-4-5;1-4-2-3-4/h2*2-6H2,1H3;2-5H2,1H3;2-4H2,1H3;2-3H2,1H3. The Labute approximate surface area is 183 Å². The maximum Gasteiger partial charge on any atom is 0.0107 e. The molecule has 5 fully saturated rings. The van der Waals surface area contributed by atoms with Crippen molar-refractivity contribution in [2.45, 2.75) is 57.8 Å². The Morgan fingerprint density at radius 2 is 0.414 bits per heavy atom. The van der Waals surface area contributed by atoms with Crippen molar-refractivity contribution in [3.63, 3.8) is 0 Å². The van der Waals surface area contributed by atoms with Crippen molar-refractivity contribution in [1.29, 1.82) is 0 Å². The van der Waals surface area contributed by atoms with Crippen molar-refractivity contribution < 1.29 is 0 Å².